The zero-order chi connectivity index (χ0) is 12.6. The highest BCUT2D eigenvalue weighted by Gasteiger charge is 2.06. The van der Waals surface area contributed by atoms with Crippen LogP contribution in [-0.2, 0) is 14.6 Å². The van der Waals surface area contributed by atoms with Crippen molar-refractivity contribution in [3.8, 4) is 0 Å². The summed E-state index contributed by atoms with van der Waals surface area (Å²) < 4.78 is 33.7. The Hall–Kier alpha value is 0.110. The second-order valence-corrected chi connectivity index (χ2v) is 5.71. The van der Waals surface area contributed by atoms with Crippen LogP contribution < -0.4 is 0 Å². The average molecular weight is 287 g/mol. The van der Waals surface area contributed by atoms with Crippen LogP contribution in [0.3, 0.4) is 0 Å². The molecule has 16 heavy (non-hydrogen) atoms. The molecule has 8 heteroatoms. The van der Waals surface area contributed by atoms with Crippen molar-refractivity contribution in [2.45, 2.75) is 20.3 Å². The van der Waals surface area contributed by atoms with Gasteiger partial charge in [-0.05, 0) is 20.3 Å². The van der Waals surface area contributed by atoms with E-state index in [0.717, 1.165) is 17.4 Å². The summed E-state index contributed by atoms with van der Waals surface area (Å²) in [5.41, 5.74) is 0. The Morgan fingerprint density at radius 2 is 2.00 bits per heavy atom. The fraction of sp³-hybridized carbons (Fsp3) is 0.875. The van der Waals surface area contributed by atoms with Crippen LogP contribution in [0, 0.1) is 0 Å². The van der Waals surface area contributed by atoms with E-state index in [9.17, 15) is 8.42 Å². The molecule has 96 valence electrons. The van der Waals surface area contributed by atoms with Crippen molar-refractivity contribution in [3.63, 3.8) is 0 Å². The summed E-state index contributed by atoms with van der Waals surface area (Å²) in [4.78, 5) is 2.05. The topological polar surface area (TPSA) is 66.8 Å². The molecule has 0 spiro atoms. The smallest absolute Gasteiger partial charge is 0.358 e. The summed E-state index contributed by atoms with van der Waals surface area (Å²) in [6, 6.07) is 0. The Labute approximate surface area is 106 Å². The van der Waals surface area contributed by atoms with Gasteiger partial charge in [-0.25, -0.2) is 4.18 Å². The van der Waals surface area contributed by atoms with E-state index in [4.69, 9.17) is 16.8 Å². The van der Waals surface area contributed by atoms with Crippen molar-refractivity contribution < 1.29 is 17.2 Å². The number of hydrogen-bond donors (Lipinski definition) is 1. The van der Waals surface area contributed by atoms with E-state index >= 15 is 0 Å². The molecule has 0 rings (SSSR count). The summed E-state index contributed by atoms with van der Waals surface area (Å²) in [5.74, 6) is 0.671. The minimum atomic E-state index is -4.30. The number of hydrogen-bond acceptors (Lipinski definition) is 5. The molecule has 1 N–H and O–H groups in total. The van der Waals surface area contributed by atoms with Crippen molar-refractivity contribution in [1.29, 1.82) is 0 Å². The molecule has 0 saturated heterocycles. The second kappa shape index (κ2) is 8.24. The molecule has 0 amide bonds. The Morgan fingerprint density at radius 3 is 2.44 bits per heavy atom. The maximum Gasteiger partial charge on any atom is 0.397 e. The van der Waals surface area contributed by atoms with Crippen LogP contribution in [0.2, 0.25) is 0 Å². The Balaban J connectivity index is 3.63. The van der Waals surface area contributed by atoms with Crippen molar-refractivity contribution in [3.05, 3.63) is 0 Å². The van der Waals surface area contributed by atoms with Crippen LogP contribution in [0.4, 0.5) is 0 Å². The zero-order valence-electron chi connectivity index (χ0n) is 9.38. The lowest BCUT2D eigenvalue weighted by atomic mass is 10.5. The van der Waals surface area contributed by atoms with E-state index in [-0.39, 0.29) is 6.61 Å². The molecule has 0 fully saturated rings. The molecule has 5 nitrogen and oxygen atoms in total. The van der Waals surface area contributed by atoms with Crippen LogP contribution in [0.25, 0.3) is 0 Å². The van der Waals surface area contributed by atoms with Crippen LogP contribution in [0.5, 0.6) is 0 Å². The third-order valence-corrected chi connectivity index (χ3v) is 3.84. The average Bonchev–Trinajstić information content (AvgIpc) is 2.17. The van der Waals surface area contributed by atoms with Crippen molar-refractivity contribution in [2.75, 3.05) is 25.4 Å². The molecule has 0 bridgehead atoms. The van der Waals surface area contributed by atoms with Gasteiger partial charge in [-0.2, -0.15) is 8.42 Å². The number of thioether (sulfide) groups is 1. The molecule has 0 aliphatic carbocycles. The first-order chi connectivity index (χ1) is 7.40. The maximum atomic E-state index is 10.2. The normalized spacial score (nSPS) is 11.4. The fourth-order valence-electron chi connectivity index (χ4n) is 0.956. The minimum Gasteiger partial charge on any atom is -0.358 e. The number of rotatable bonds is 7. The molecule has 0 saturated carbocycles. The molecule has 0 unspecified atom stereocenters. The summed E-state index contributed by atoms with van der Waals surface area (Å²) in [6.07, 6.45) is 0.520. The summed E-state index contributed by atoms with van der Waals surface area (Å²) in [6.45, 7) is 5.76. The quantitative estimate of drug-likeness (QED) is 0.433. The van der Waals surface area contributed by atoms with E-state index in [1.165, 1.54) is 11.8 Å². The lowest BCUT2D eigenvalue weighted by molar-refractivity contribution is 0.270. The lowest BCUT2D eigenvalue weighted by Gasteiger charge is -2.20. The Bertz CT molecular complexity index is 300. The van der Waals surface area contributed by atoms with Gasteiger partial charge < -0.3 is 4.90 Å². The molecular weight excluding hydrogens is 270 g/mol. The standard InChI is InChI=1S/C8H17NO4S3/c1-3-9(4-2)8(14)15-7-5-6-13-16(10,11)12/h3-7H2,1-2H3,(H,10,11,12). The minimum absolute atomic E-state index is 0.0211. The Kier molecular flexibility index (Phi) is 8.29. The van der Waals surface area contributed by atoms with E-state index < -0.39 is 10.4 Å². The predicted molar refractivity (Wildman–Crippen MR) is 70.1 cm³/mol. The zero-order valence-corrected chi connectivity index (χ0v) is 11.8. The summed E-state index contributed by atoms with van der Waals surface area (Å²) >= 11 is 6.66. The highest BCUT2D eigenvalue weighted by Crippen LogP contribution is 2.10. The van der Waals surface area contributed by atoms with Crippen LogP contribution in [0.1, 0.15) is 20.3 Å². The van der Waals surface area contributed by atoms with Gasteiger partial charge in [0.05, 0.1) is 6.61 Å². The predicted octanol–water partition coefficient (Wildman–Crippen LogP) is 1.56. The third-order valence-electron chi connectivity index (χ3n) is 1.77. The third kappa shape index (κ3) is 8.28. The van der Waals surface area contributed by atoms with E-state index in [1.54, 1.807) is 0 Å². The molecule has 0 heterocycles. The van der Waals surface area contributed by atoms with E-state index in [1.807, 2.05) is 18.7 Å². The van der Waals surface area contributed by atoms with E-state index in [0.29, 0.717) is 12.2 Å². The Morgan fingerprint density at radius 1 is 1.44 bits per heavy atom. The van der Waals surface area contributed by atoms with Crippen molar-refractivity contribution in [2.24, 2.45) is 0 Å². The maximum absolute atomic E-state index is 10.2. The summed E-state index contributed by atoms with van der Waals surface area (Å²) in [5, 5.41) is 0. The van der Waals surface area contributed by atoms with Crippen molar-refractivity contribution in [1.82, 2.24) is 4.90 Å². The van der Waals surface area contributed by atoms with Gasteiger partial charge in [0.15, 0.2) is 0 Å². The van der Waals surface area contributed by atoms with Crippen LogP contribution in [0.15, 0.2) is 0 Å². The van der Waals surface area contributed by atoms with Gasteiger partial charge in [-0.3, -0.25) is 4.55 Å². The van der Waals surface area contributed by atoms with Gasteiger partial charge in [-0.1, -0.05) is 24.0 Å². The van der Waals surface area contributed by atoms with Crippen LogP contribution in [-0.4, -0.2) is 47.6 Å². The highest BCUT2D eigenvalue weighted by molar-refractivity contribution is 8.22. The van der Waals surface area contributed by atoms with Gasteiger partial charge in [0.25, 0.3) is 0 Å². The molecule has 0 atom stereocenters. The second-order valence-electron chi connectivity index (χ2n) is 2.89. The van der Waals surface area contributed by atoms with Gasteiger partial charge in [0, 0.05) is 18.8 Å². The summed E-state index contributed by atoms with van der Waals surface area (Å²) in [7, 11) is -4.30. The van der Waals surface area contributed by atoms with Crippen molar-refractivity contribution >= 4 is 38.7 Å². The molecule has 0 aromatic heterocycles. The first-order valence-electron chi connectivity index (χ1n) is 4.94. The molecule has 0 aliphatic heterocycles. The van der Waals surface area contributed by atoms with Crippen LogP contribution >= 0.6 is 24.0 Å². The van der Waals surface area contributed by atoms with Gasteiger partial charge >= 0.3 is 10.4 Å². The molecular formula is C8H17NO4S3. The monoisotopic (exact) mass is 287 g/mol. The molecule has 0 radical (unpaired) electrons. The first-order valence-corrected chi connectivity index (χ1v) is 7.70. The largest absolute Gasteiger partial charge is 0.397 e. The number of thiocarbonyl (C=S) groups is 1. The lowest BCUT2D eigenvalue weighted by Crippen LogP contribution is -2.26. The fourth-order valence-corrected chi connectivity index (χ4v) is 2.67. The highest BCUT2D eigenvalue weighted by atomic mass is 32.3. The number of nitrogens with zero attached hydrogens (tertiary/aromatic N) is 1. The molecule has 0 aromatic carbocycles. The molecule has 0 aliphatic rings. The van der Waals surface area contributed by atoms with E-state index in [2.05, 4.69) is 4.18 Å². The van der Waals surface area contributed by atoms with Gasteiger partial charge in [0.2, 0.25) is 0 Å². The first kappa shape index (κ1) is 16.1. The van der Waals surface area contributed by atoms with Gasteiger partial charge in [-0.15, -0.1) is 0 Å². The van der Waals surface area contributed by atoms with Gasteiger partial charge in [0.1, 0.15) is 4.32 Å². The SMILES string of the molecule is CCN(CC)C(=S)SCCCOS(=O)(=O)O. The molecule has 0 aromatic rings.